The van der Waals surface area contributed by atoms with E-state index in [0.29, 0.717) is 0 Å². The molecule has 0 saturated heterocycles. The molecule has 6 nitrogen and oxygen atoms in total. The van der Waals surface area contributed by atoms with Crippen molar-refractivity contribution in [2.75, 3.05) is 0 Å². The fraction of sp³-hybridized carbons (Fsp3) is 0.667. The van der Waals surface area contributed by atoms with Gasteiger partial charge in [0, 0.05) is 0 Å². The van der Waals surface area contributed by atoms with E-state index < -0.39 is 24.1 Å². The molecule has 2 atom stereocenters. The molecule has 0 aliphatic heterocycles. The van der Waals surface area contributed by atoms with E-state index >= 15 is 0 Å². The van der Waals surface area contributed by atoms with Gasteiger partial charge >= 0.3 is 67.3 Å². The van der Waals surface area contributed by atoms with Crippen LogP contribution in [0.25, 0.3) is 0 Å². The van der Waals surface area contributed by atoms with Gasteiger partial charge in [0.25, 0.3) is 0 Å². The SMILES string of the molecule is CC(O)C(=O)[O-].CC(O)C(=O)[O-].[Ca+2].[H-].[Na+]. The molecule has 0 heterocycles. The van der Waals surface area contributed by atoms with Gasteiger partial charge in [0.15, 0.2) is 0 Å². The maximum absolute atomic E-state index is 9.34. The van der Waals surface area contributed by atoms with E-state index in [1.807, 2.05) is 0 Å². The third-order valence-electron chi connectivity index (χ3n) is 0.682. The normalized spacial score (nSPS) is 11.7. The Balaban J connectivity index is -0.0000000370. The summed E-state index contributed by atoms with van der Waals surface area (Å²) in [5, 5.41) is 34.6. The van der Waals surface area contributed by atoms with Crippen molar-refractivity contribution in [2.45, 2.75) is 26.1 Å². The molecule has 0 aromatic carbocycles. The van der Waals surface area contributed by atoms with Crippen molar-refractivity contribution in [3.63, 3.8) is 0 Å². The molecule has 0 fully saturated rings. The largest absolute Gasteiger partial charge is 2.00 e. The summed E-state index contributed by atoms with van der Waals surface area (Å²) < 4.78 is 0. The fourth-order valence-corrected chi connectivity index (χ4v) is 0. The van der Waals surface area contributed by atoms with E-state index in [0.717, 1.165) is 13.8 Å². The minimum atomic E-state index is -1.44. The van der Waals surface area contributed by atoms with E-state index in [1.54, 1.807) is 0 Å². The quantitative estimate of drug-likeness (QED) is 0.464. The molecule has 0 amide bonds. The first-order chi connectivity index (χ1) is 5.29. The van der Waals surface area contributed by atoms with Crippen LogP contribution < -0.4 is 39.8 Å². The van der Waals surface area contributed by atoms with Crippen LogP contribution in [-0.4, -0.2) is 72.1 Å². The standard InChI is InChI=1S/2C3H6O3.Ca.Na.H/c2*1-2(4)3(5)6;;;/h2*2,4H,1H3,(H,5,6);;;/q;;+2;+1;-1/p-2. The first-order valence-corrected chi connectivity index (χ1v) is 3.06. The molecule has 2 unspecified atom stereocenters. The second-order valence-electron chi connectivity index (χ2n) is 1.99. The predicted molar refractivity (Wildman–Crippen MR) is 40.2 cm³/mol. The number of aliphatic hydroxyl groups is 2. The van der Waals surface area contributed by atoms with E-state index in [2.05, 4.69) is 0 Å². The topological polar surface area (TPSA) is 121 Å². The van der Waals surface area contributed by atoms with Crippen LogP contribution in [0.2, 0.25) is 0 Å². The van der Waals surface area contributed by atoms with Crippen molar-refractivity contribution in [3.8, 4) is 0 Å². The Morgan fingerprint density at radius 2 is 1.14 bits per heavy atom. The van der Waals surface area contributed by atoms with Crippen LogP contribution >= 0.6 is 0 Å². The molecule has 0 rings (SSSR count). The van der Waals surface area contributed by atoms with Crippen molar-refractivity contribution in [3.05, 3.63) is 0 Å². The number of carbonyl (C=O) groups excluding carboxylic acids is 2. The fourth-order valence-electron chi connectivity index (χ4n) is 0. The monoisotopic (exact) mass is 242 g/mol. The van der Waals surface area contributed by atoms with E-state index in [9.17, 15) is 19.8 Å². The third kappa shape index (κ3) is 23.2. The molecule has 74 valence electrons. The number of carbonyl (C=O) groups is 2. The van der Waals surface area contributed by atoms with Crippen molar-refractivity contribution in [1.29, 1.82) is 0 Å². The molecule has 0 aliphatic rings. The van der Waals surface area contributed by atoms with E-state index in [1.165, 1.54) is 0 Å². The van der Waals surface area contributed by atoms with E-state index in [-0.39, 0.29) is 68.7 Å². The van der Waals surface area contributed by atoms with Gasteiger partial charge in [-0.05, 0) is 13.8 Å². The van der Waals surface area contributed by atoms with Gasteiger partial charge in [-0.1, -0.05) is 0 Å². The molecule has 14 heavy (non-hydrogen) atoms. The van der Waals surface area contributed by atoms with Crippen LogP contribution in [0, 0.1) is 0 Å². The molecule has 2 N–H and O–H groups in total. The minimum absolute atomic E-state index is 0. The molecular formula is C6H11CaNaO6. The maximum atomic E-state index is 9.34. The number of aliphatic carboxylic acids is 2. The number of hydrogen-bond donors (Lipinski definition) is 2. The molecule has 0 aliphatic carbocycles. The first-order valence-electron chi connectivity index (χ1n) is 3.06. The number of carboxylic acid groups (broad SMARTS) is 2. The number of carboxylic acids is 2. The Bertz CT molecular complexity index is 148. The summed E-state index contributed by atoms with van der Waals surface area (Å²) in [6, 6.07) is 0. The molecule has 0 saturated carbocycles. The zero-order chi connectivity index (χ0) is 10.3. The van der Waals surface area contributed by atoms with Crippen LogP contribution in [0.5, 0.6) is 0 Å². The van der Waals surface area contributed by atoms with Gasteiger partial charge in [-0.15, -0.1) is 0 Å². The molecule has 0 bridgehead atoms. The maximum Gasteiger partial charge on any atom is 2.00 e. The van der Waals surface area contributed by atoms with Gasteiger partial charge in [-0.2, -0.15) is 0 Å². The third-order valence-corrected chi connectivity index (χ3v) is 0.682. The van der Waals surface area contributed by atoms with Crippen molar-refractivity contribution in [2.24, 2.45) is 0 Å². The molecule has 0 aromatic rings. The number of hydrogen-bond acceptors (Lipinski definition) is 6. The second kappa shape index (κ2) is 14.1. The van der Waals surface area contributed by atoms with Crippen LogP contribution in [0.3, 0.4) is 0 Å². The zero-order valence-corrected chi connectivity index (χ0v) is 12.6. The summed E-state index contributed by atoms with van der Waals surface area (Å²) in [6.45, 7) is 2.27. The summed E-state index contributed by atoms with van der Waals surface area (Å²) in [7, 11) is 0. The first kappa shape index (κ1) is 24.4. The van der Waals surface area contributed by atoms with Crippen LogP contribution in [-0.2, 0) is 9.59 Å². The summed E-state index contributed by atoms with van der Waals surface area (Å²) in [5.74, 6) is -2.87. The van der Waals surface area contributed by atoms with E-state index in [4.69, 9.17) is 10.2 Å². The van der Waals surface area contributed by atoms with Crippen LogP contribution in [0.1, 0.15) is 15.3 Å². The number of aliphatic hydroxyl groups excluding tert-OH is 2. The average Bonchev–Trinajstić information content (AvgIpc) is 1.88. The predicted octanol–water partition coefficient (Wildman–Crippen LogP) is -7.03. The zero-order valence-electron chi connectivity index (χ0n) is 9.39. The van der Waals surface area contributed by atoms with Crippen molar-refractivity contribution in [1.82, 2.24) is 0 Å². The Labute approximate surface area is 135 Å². The minimum Gasteiger partial charge on any atom is -1.00 e. The number of rotatable bonds is 2. The average molecular weight is 242 g/mol. The Kier molecular flexibility index (Phi) is 24.6. The van der Waals surface area contributed by atoms with Crippen LogP contribution in [0.4, 0.5) is 0 Å². The second-order valence-corrected chi connectivity index (χ2v) is 1.99. The molecule has 0 spiro atoms. The summed E-state index contributed by atoms with van der Waals surface area (Å²) >= 11 is 0. The smallest absolute Gasteiger partial charge is 1.00 e. The Morgan fingerprint density at radius 3 is 1.14 bits per heavy atom. The molecular weight excluding hydrogens is 231 g/mol. The summed E-state index contributed by atoms with van der Waals surface area (Å²) in [6.07, 6.45) is -2.69. The van der Waals surface area contributed by atoms with Gasteiger partial charge < -0.3 is 31.4 Å². The summed E-state index contributed by atoms with van der Waals surface area (Å²) in [5.41, 5.74) is 0. The van der Waals surface area contributed by atoms with Gasteiger partial charge in [-0.25, -0.2) is 0 Å². The Morgan fingerprint density at radius 1 is 1.07 bits per heavy atom. The molecule has 8 heteroatoms. The summed E-state index contributed by atoms with van der Waals surface area (Å²) in [4.78, 5) is 18.7. The van der Waals surface area contributed by atoms with Gasteiger partial charge in [-0.3, -0.25) is 0 Å². The van der Waals surface area contributed by atoms with Crippen LogP contribution in [0.15, 0.2) is 0 Å². The van der Waals surface area contributed by atoms with Crippen molar-refractivity contribution < 1.29 is 61.0 Å². The molecule has 0 radical (unpaired) electrons. The molecule has 0 aromatic heterocycles. The van der Waals surface area contributed by atoms with Gasteiger partial charge in [0.05, 0.1) is 24.1 Å². The Hall–Kier alpha value is 1.12. The van der Waals surface area contributed by atoms with Crippen molar-refractivity contribution >= 4 is 49.7 Å². The van der Waals surface area contributed by atoms with Gasteiger partial charge in [0.1, 0.15) is 0 Å². The van der Waals surface area contributed by atoms with Gasteiger partial charge in [0.2, 0.25) is 0 Å².